The molecule has 0 spiro atoms. The monoisotopic (exact) mass is 500 g/mol. The van der Waals surface area contributed by atoms with Crippen LogP contribution in [-0.2, 0) is 11.3 Å². The zero-order valence-electron chi connectivity index (χ0n) is 19.6. The van der Waals surface area contributed by atoms with Gasteiger partial charge in [0.15, 0.2) is 0 Å². The summed E-state index contributed by atoms with van der Waals surface area (Å²) in [4.78, 5) is 4.91. The molecule has 1 aliphatic rings. The van der Waals surface area contributed by atoms with E-state index in [1.807, 2.05) is 48.5 Å². The van der Waals surface area contributed by atoms with Crippen molar-refractivity contribution >= 4 is 30.9 Å². The van der Waals surface area contributed by atoms with Crippen LogP contribution >= 0.6 is 24.8 Å². The zero-order chi connectivity index (χ0) is 22.0. The molecule has 1 saturated heterocycles. The summed E-state index contributed by atoms with van der Waals surface area (Å²) in [5, 5.41) is 0. The van der Waals surface area contributed by atoms with E-state index in [9.17, 15) is 0 Å². The molecule has 0 aliphatic carbocycles. The van der Waals surface area contributed by atoms with Gasteiger partial charge in [0.2, 0.25) is 0 Å². The number of nitrogens with zero attached hydrogens (tertiary/aromatic N) is 2. The zero-order valence-corrected chi connectivity index (χ0v) is 21.2. The topological polar surface area (TPSA) is 24.9 Å². The van der Waals surface area contributed by atoms with E-state index in [1.165, 1.54) is 5.56 Å². The molecule has 4 nitrogen and oxygen atoms in total. The van der Waals surface area contributed by atoms with E-state index in [4.69, 9.17) is 9.47 Å². The lowest BCUT2D eigenvalue weighted by Crippen LogP contribution is -2.50. The lowest BCUT2D eigenvalue weighted by Gasteiger charge is -2.37. The second-order valence-corrected chi connectivity index (χ2v) is 8.08. The van der Waals surface area contributed by atoms with E-state index in [2.05, 4.69) is 65.3 Å². The summed E-state index contributed by atoms with van der Waals surface area (Å²) in [6, 6.07) is 28.5. The Bertz CT molecular complexity index is 978. The third-order valence-corrected chi connectivity index (χ3v) is 5.82. The number of halogens is 2. The Morgan fingerprint density at radius 1 is 0.794 bits per heavy atom. The third-order valence-electron chi connectivity index (χ3n) is 5.82. The van der Waals surface area contributed by atoms with Crippen molar-refractivity contribution in [1.82, 2.24) is 9.80 Å². The molecule has 1 unspecified atom stereocenters. The van der Waals surface area contributed by atoms with E-state index in [0.717, 1.165) is 49.8 Å². The molecule has 0 saturated carbocycles. The van der Waals surface area contributed by atoms with Crippen molar-refractivity contribution in [3.05, 3.63) is 102 Å². The van der Waals surface area contributed by atoms with Crippen molar-refractivity contribution in [1.29, 1.82) is 0 Å². The van der Waals surface area contributed by atoms with Gasteiger partial charge in [-0.15, -0.1) is 24.8 Å². The van der Waals surface area contributed by atoms with Gasteiger partial charge in [-0.2, -0.15) is 0 Å². The maximum absolute atomic E-state index is 6.23. The van der Waals surface area contributed by atoms with E-state index in [0.29, 0.717) is 6.61 Å². The number of hydrogen-bond donors (Lipinski definition) is 0. The van der Waals surface area contributed by atoms with Crippen LogP contribution in [-0.4, -0.2) is 48.8 Å². The standard InChI is InChI=1S/C28H32N2O2.2ClH/c1-24(30-21-19-29(20-22-30)18-10-13-25-11-4-2-5-12-25)31-23-26-14-8-9-17-28(26)32-27-15-6-3-7-16-27;;/h2-17,24H,18-23H2,1H3;2*1H/b13-10+;;. The Balaban J connectivity index is 0.00000204. The number of benzene rings is 3. The first-order valence-electron chi connectivity index (χ1n) is 11.4. The van der Waals surface area contributed by atoms with Crippen LogP contribution < -0.4 is 4.74 Å². The fraction of sp³-hybridized carbons (Fsp3) is 0.286. The van der Waals surface area contributed by atoms with E-state index in [1.54, 1.807) is 0 Å². The fourth-order valence-corrected chi connectivity index (χ4v) is 3.87. The second-order valence-electron chi connectivity index (χ2n) is 8.08. The highest BCUT2D eigenvalue weighted by molar-refractivity contribution is 5.85. The molecular formula is C28H34Cl2N2O2. The first-order chi connectivity index (χ1) is 15.8. The maximum Gasteiger partial charge on any atom is 0.132 e. The predicted octanol–water partition coefficient (Wildman–Crippen LogP) is 6.52. The normalized spacial score (nSPS) is 15.3. The highest BCUT2D eigenvalue weighted by Gasteiger charge is 2.21. The summed E-state index contributed by atoms with van der Waals surface area (Å²) < 4.78 is 12.3. The minimum absolute atomic E-state index is 0. The van der Waals surface area contributed by atoms with Crippen LogP contribution in [0.15, 0.2) is 91.0 Å². The van der Waals surface area contributed by atoms with Crippen LogP contribution in [0.5, 0.6) is 11.5 Å². The summed E-state index contributed by atoms with van der Waals surface area (Å²) in [7, 11) is 0. The largest absolute Gasteiger partial charge is 0.457 e. The van der Waals surface area contributed by atoms with E-state index in [-0.39, 0.29) is 31.0 Å². The molecule has 34 heavy (non-hydrogen) atoms. The molecule has 6 heteroatoms. The van der Waals surface area contributed by atoms with Gasteiger partial charge in [0, 0.05) is 38.3 Å². The summed E-state index contributed by atoms with van der Waals surface area (Å²) in [5.74, 6) is 1.69. The molecule has 182 valence electrons. The van der Waals surface area contributed by atoms with Crippen LogP contribution in [0.3, 0.4) is 0 Å². The molecule has 1 fully saturated rings. The van der Waals surface area contributed by atoms with Crippen LogP contribution in [0.1, 0.15) is 18.1 Å². The van der Waals surface area contributed by atoms with Crippen LogP contribution in [0.25, 0.3) is 6.08 Å². The minimum Gasteiger partial charge on any atom is -0.457 e. The van der Waals surface area contributed by atoms with Crippen molar-refractivity contribution in [2.45, 2.75) is 19.8 Å². The molecule has 4 rings (SSSR count). The first-order valence-corrected chi connectivity index (χ1v) is 11.4. The molecule has 0 aromatic heterocycles. The number of hydrogen-bond acceptors (Lipinski definition) is 4. The van der Waals surface area contributed by atoms with Crippen LogP contribution in [0.2, 0.25) is 0 Å². The smallest absolute Gasteiger partial charge is 0.132 e. The molecule has 0 radical (unpaired) electrons. The van der Waals surface area contributed by atoms with E-state index < -0.39 is 0 Å². The first kappa shape index (κ1) is 27.9. The summed E-state index contributed by atoms with van der Waals surface area (Å²) >= 11 is 0. The average Bonchev–Trinajstić information content (AvgIpc) is 2.85. The predicted molar refractivity (Wildman–Crippen MR) is 145 cm³/mol. The van der Waals surface area contributed by atoms with Gasteiger partial charge in [0.05, 0.1) is 6.61 Å². The van der Waals surface area contributed by atoms with Crippen molar-refractivity contribution in [2.24, 2.45) is 0 Å². The highest BCUT2D eigenvalue weighted by Crippen LogP contribution is 2.26. The molecule has 3 aromatic carbocycles. The Morgan fingerprint density at radius 2 is 1.41 bits per heavy atom. The maximum atomic E-state index is 6.23. The molecule has 1 aliphatic heterocycles. The van der Waals surface area contributed by atoms with Crippen molar-refractivity contribution < 1.29 is 9.47 Å². The molecule has 1 heterocycles. The lowest BCUT2D eigenvalue weighted by molar-refractivity contribution is -0.0723. The third kappa shape index (κ3) is 8.46. The van der Waals surface area contributed by atoms with Gasteiger partial charge in [-0.25, -0.2) is 0 Å². The molecular weight excluding hydrogens is 467 g/mol. The van der Waals surface area contributed by atoms with Crippen molar-refractivity contribution in [2.75, 3.05) is 32.7 Å². The average molecular weight is 501 g/mol. The Hall–Kier alpha value is -2.34. The lowest BCUT2D eigenvalue weighted by atomic mass is 10.2. The number of piperazine rings is 1. The van der Waals surface area contributed by atoms with Gasteiger partial charge in [-0.1, -0.05) is 78.9 Å². The number of rotatable bonds is 9. The van der Waals surface area contributed by atoms with Gasteiger partial charge < -0.3 is 9.47 Å². The highest BCUT2D eigenvalue weighted by atomic mass is 35.5. The summed E-state index contributed by atoms with van der Waals surface area (Å²) in [6.45, 7) is 7.81. The molecule has 3 aromatic rings. The van der Waals surface area contributed by atoms with Gasteiger partial charge in [-0.3, -0.25) is 9.80 Å². The summed E-state index contributed by atoms with van der Waals surface area (Å²) in [6.07, 6.45) is 4.53. The van der Waals surface area contributed by atoms with Crippen molar-refractivity contribution in [3.8, 4) is 11.5 Å². The number of para-hydroxylation sites is 2. The SMILES string of the molecule is CC(OCc1ccccc1Oc1ccccc1)N1CCN(C/C=C/c2ccccc2)CC1.Cl.Cl. The van der Waals surface area contributed by atoms with Crippen LogP contribution in [0.4, 0.5) is 0 Å². The Morgan fingerprint density at radius 3 is 2.12 bits per heavy atom. The number of ether oxygens (including phenoxy) is 2. The second kappa shape index (κ2) is 14.8. The molecule has 0 amide bonds. The van der Waals surface area contributed by atoms with Crippen LogP contribution in [0, 0.1) is 0 Å². The van der Waals surface area contributed by atoms with E-state index >= 15 is 0 Å². The fourth-order valence-electron chi connectivity index (χ4n) is 3.87. The molecule has 0 N–H and O–H groups in total. The summed E-state index contributed by atoms with van der Waals surface area (Å²) in [5.41, 5.74) is 2.32. The van der Waals surface area contributed by atoms with Gasteiger partial charge >= 0.3 is 0 Å². The quantitative estimate of drug-likeness (QED) is 0.334. The Labute approximate surface area is 216 Å². The van der Waals surface area contributed by atoms with Gasteiger partial charge in [0.25, 0.3) is 0 Å². The van der Waals surface area contributed by atoms with Gasteiger partial charge in [-0.05, 0) is 30.7 Å². The van der Waals surface area contributed by atoms with Gasteiger partial charge in [0.1, 0.15) is 17.7 Å². The van der Waals surface area contributed by atoms with Crippen molar-refractivity contribution in [3.63, 3.8) is 0 Å². The molecule has 1 atom stereocenters. The molecule has 0 bridgehead atoms. The minimum atomic E-state index is 0. The Kier molecular flexibility index (Phi) is 12.2.